The topological polar surface area (TPSA) is 94.7 Å². The highest BCUT2D eigenvalue weighted by Gasteiger charge is 2.33. The van der Waals surface area contributed by atoms with Gasteiger partial charge in [-0.05, 0) is 55.4 Å². The lowest BCUT2D eigenvalue weighted by Crippen LogP contribution is -2.50. The fourth-order valence-electron chi connectivity index (χ4n) is 5.06. The van der Waals surface area contributed by atoms with Crippen LogP contribution in [0.25, 0.3) is 0 Å². The van der Waals surface area contributed by atoms with Gasteiger partial charge in [-0.3, -0.25) is 14.6 Å². The molecule has 43 heavy (non-hydrogen) atoms. The maximum atomic E-state index is 15.2. The summed E-state index contributed by atoms with van der Waals surface area (Å²) in [6.07, 6.45) is -0.205. The third-order valence-corrected chi connectivity index (χ3v) is 8.19. The highest BCUT2D eigenvalue weighted by atomic mass is 32.1. The van der Waals surface area contributed by atoms with Crippen molar-refractivity contribution in [2.45, 2.75) is 39.8 Å². The van der Waals surface area contributed by atoms with Crippen LogP contribution in [0.1, 0.15) is 43.1 Å². The van der Waals surface area contributed by atoms with Crippen LogP contribution < -0.4 is 15.1 Å². The Balaban J connectivity index is 1.24. The minimum Gasteiger partial charge on any atom is -0.452 e. The van der Waals surface area contributed by atoms with Crippen molar-refractivity contribution in [3.05, 3.63) is 59.4 Å². The first-order valence-electron chi connectivity index (χ1n) is 14.8. The maximum Gasteiger partial charge on any atom is 0.414 e. The molecule has 1 N–H and O–H groups in total. The summed E-state index contributed by atoms with van der Waals surface area (Å²) in [5, 5.41) is 3.07. The van der Waals surface area contributed by atoms with E-state index in [2.05, 4.69) is 24.1 Å². The second kappa shape index (κ2) is 15.1. The van der Waals surface area contributed by atoms with Gasteiger partial charge in [-0.2, -0.15) is 0 Å². The number of esters is 1. The number of hydrogen-bond acceptors (Lipinski definition) is 8. The van der Waals surface area contributed by atoms with Crippen molar-refractivity contribution < 1.29 is 28.2 Å². The zero-order valence-electron chi connectivity index (χ0n) is 25.0. The summed E-state index contributed by atoms with van der Waals surface area (Å²) in [6, 6.07) is 11.9. The van der Waals surface area contributed by atoms with E-state index in [9.17, 15) is 14.4 Å². The second-order valence-electron chi connectivity index (χ2n) is 10.5. The van der Waals surface area contributed by atoms with Crippen LogP contribution in [-0.4, -0.2) is 97.8 Å². The van der Waals surface area contributed by atoms with Crippen molar-refractivity contribution in [2.24, 2.45) is 0 Å². The predicted octanol–water partition coefficient (Wildman–Crippen LogP) is 3.83. The first kappa shape index (κ1) is 32.2. The zero-order valence-corrected chi connectivity index (χ0v) is 25.8. The lowest BCUT2D eigenvalue weighted by molar-refractivity contribution is -0.134. The van der Waals surface area contributed by atoms with E-state index in [4.69, 9.17) is 21.7 Å². The summed E-state index contributed by atoms with van der Waals surface area (Å²) in [5.74, 6) is -1.30. The zero-order chi connectivity index (χ0) is 30.9. The summed E-state index contributed by atoms with van der Waals surface area (Å²) in [5.41, 5.74) is 2.31. The number of halogens is 1. The van der Waals surface area contributed by atoms with Crippen LogP contribution in [0.2, 0.25) is 0 Å². The SMILES string of the molecule is CCC(=S)NC[C@H]1CN(c2ccc(N3CCN(C(=O)COC(=O)c4ccc(CN(CC)CC)cc4)CC3)c(F)c2)C(=O)O1. The molecule has 12 heteroatoms. The monoisotopic (exact) mass is 613 g/mol. The molecule has 0 radical (unpaired) electrons. The standard InChI is InChI=1S/C31H40FN5O5S/c1-4-28(43)33-18-25-20-37(31(40)42-25)24-11-12-27(26(32)17-24)35-13-15-36(16-14-35)29(38)21-41-30(39)23-9-7-22(8-10-23)19-34(5-2)6-3/h7-12,17,25H,4-6,13-16,18-21H2,1-3H3,(H,33,43)/t25-/m0/s1. The highest BCUT2D eigenvalue weighted by Crippen LogP contribution is 2.28. The Labute approximate surface area is 257 Å². The molecule has 0 aromatic heterocycles. The van der Waals surface area contributed by atoms with E-state index < -0.39 is 17.9 Å². The Morgan fingerprint density at radius 1 is 1.07 bits per heavy atom. The van der Waals surface area contributed by atoms with Gasteiger partial charge in [0.05, 0.1) is 35.0 Å². The fourth-order valence-corrected chi connectivity index (χ4v) is 5.15. The van der Waals surface area contributed by atoms with Crippen LogP contribution in [0.3, 0.4) is 0 Å². The Hall–Kier alpha value is -3.77. The van der Waals surface area contributed by atoms with Crippen LogP contribution >= 0.6 is 12.2 Å². The number of amides is 2. The van der Waals surface area contributed by atoms with E-state index in [0.717, 1.165) is 25.2 Å². The van der Waals surface area contributed by atoms with Gasteiger partial charge >= 0.3 is 12.1 Å². The third kappa shape index (κ3) is 8.41. The van der Waals surface area contributed by atoms with Crippen LogP contribution in [-0.2, 0) is 20.8 Å². The number of hydrogen-bond donors (Lipinski definition) is 1. The van der Waals surface area contributed by atoms with Gasteiger partial charge in [0.15, 0.2) is 6.61 Å². The number of nitrogens with zero attached hydrogens (tertiary/aromatic N) is 4. The molecule has 0 saturated carbocycles. The number of benzene rings is 2. The molecule has 2 amide bonds. The highest BCUT2D eigenvalue weighted by molar-refractivity contribution is 7.80. The number of carbonyl (C=O) groups is 3. The smallest absolute Gasteiger partial charge is 0.414 e. The number of nitrogens with one attached hydrogen (secondary N) is 1. The number of thiocarbonyl (C=S) groups is 1. The number of piperazine rings is 1. The predicted molar refractivity (Wildman–Crippen MR) is 167 cm³/mol. The van der Waals surface area contributed by atoms with Crippen molar-refractivity contribution in [2.75, 3.05) is 68.8 Å². The largest absolute Gasteiger partial charge is 0.452 e. The molecule has 2 aliphatic rings. The summed E-state index contributed by atoms with van der Waals surface area (Å²) in [4.78, 5) is 45.5. The van der Waals surface area contributed by atoms with Crippen LogP contribution in [0, 0.1) is 5.82 Å². The molecule has 0 unspecified atom stereocenters. The average Bonchev–Trinajstić information content (AvgIpc) is 3.41. The quantitative estimate of drug-likeness (QED) is 0.283. The third-order valence-electron chi connectivity index (χ3n) is 7.76. The van der Waals surface area contributed by atoms with E-state index in [1.165, 1.54) is 11.0 Å². The first-order valence-corrected chi connectivity index (χ1v) is 15.2. The molecule has 1 atom stereocenters. The van der Waals surface area contributed by atoms with E-state index in [-0.39, 0.29) is 18.6 Å². The molecule has 2 aliphatic heterocycles. The molecule has 2 heterocycles. The van der Waals surface area contributed by atoms with Crippen LogP contribution in [0.5, 0.6) is 0 Å². The summed E-state index contributed by atoms with van der Waals surface area (Å²) in [7, 11) is 0. The molecule has 2 saturated heterocycles. The molecule has 4 rings (SSSR count). The molecule has 232 valence electrons. The lowest BCUT2D eigenvalue weighted by atomic mass is 10.1. The Bertz CT molecular complexity index is 1300. The second-order valence-corrected chi connectivity index (χ2v) is 11.0. The van der Waals surface area contributed by atoms with Gasteiger partial charge in [-0.15, -0.1) is 0 Å². The van der Waals surface area contributed by atoms with Gasteiger partial charge < -0.3 is 24.6 Å². The maximum absolute atomic E-state index is 15.2. The fraction of sp³-hybridized carbons (Fsp3) is 0.484. The van der Waals surface area contributed by atoms with E-state index in [1.807, 2.05) is 24.0 Å². The summed E-state index contributed by atoms with van der Waals surface area (Å²) < 4.78 is 25.8. The number of anilines is 2. The van der Waals surface area contributed by atoms with E-state index in [1.54, 1.807) is 29.2 Å². The Kier molecular flexibility index (Phi) is 11.3. The minimum absolute atomic E-state index is 0.293. The van der Waals surface area contributed by atoms with Crippen LogP contribution in [0.4, 0.5) is 20.6 Å². The summed E-state index contributed by atoms with van der Waals surface area (Å²) in [6.45, 7) is 10.8. The molecule has 10 nitrogen and oxygen atoms in total. The molecule has 2 aromatic rings. The van der Waals surface area contributed by atoms with E-state index >= 15 is 4.39 Å². The average molecular weight is 614 g/mol. The van der Waals surface area contributed by atoms with Gasteiger partial charge in [-0.25, -0.2) is 14.0 Å². The molecule has 0 spiro atoms. The van der Waals surface area contributed by atoms with Crippen molar-refractivity contribution in [3.8, 4) is 0 Å². The van der Waals surface area contributed by atoms with Crippen molar-refractivity contribution in [1.29, 1.82) is 0 Å². The van der Waals surface area contributed by atoms with Gasteiger partial charge in [-0.1, -0.05) is 45.1 Å². The minimum atomic E-state index is -0.544. The number of rotatable bonds is 12. The number of cyclic esters (lactones) is 1. The van der Waals surface area contributed by atoms with Gasteiger partial charge in [0.2, 0.25) is 0 Å². The van der Waals surface area contributed by atoms with Gasteiger partial charge in [0.1, 0.15) is 11.9 Å². The molecular weight excluding hydrogens is 573 g/mol. The number of ether oxygens (including phenoxy) is 2. The van der Waals surface area contributed by atoms with E-state index in [0.29, 0.717) is 67.6 Å². The van der Waals surface area contributed by atoms with Crippen molar-refractivity contribution >= 4 is 46.6 Å². The Morgan fingerprint density at radius 3 is 2.40 bits per heavy atom. The Morgan fingerprint density at radius 2 is 1.77 bits per heavy atom. The van der Waals surface area contributed by atoms with Gasteiger partial charge in [0, 0.05) is 32.7 Å². The molecule has 0 aliphatic carbocycles. The summed E-state index contributed by atoms with van der Waals surface area (Å²) >= 11 is 5.16. The number of carbonyl (C=O) groups excluding carboxylic acids is 3. The molecule has 2 fully saturated rings. The normalized spacial score (nSPS) is 16.8. The first-order chi connectivity index (χ1) is 20.7. The lowest BCUT2D eigenvalue weighted by Gasteiger charge is -2.36. The van der Waals surface area contributed by atoms with Crippen LogP contribution in [0.15, 0.2) is 42.5 Å². The van der Waals surface area contributed by atoms with Gasteiger partial charge in [0.25, 0.3) is 5.91 Å². The molecular formula is C31H40FN5O5S. The van der Waals surface area contributed by atoms with Crippen molar-refractivity contribution in [3.63, 3.8) is 0 Å². The van der Waals surface area contributed by atoms with Crippen molar-refractivity contribution in [1.82, 2.24) is 15.1 Å². The molecule has 2 aromatic carbocycles. The molecule has 0 bridgehead atoms.